The number of benzene rings is 1. The van der Waals surface area contributed by atoms with Gasteiger partial charge in [-0.05, 0) is 54.4 Å². The zero-order chi connectivity index (χ0) is 15.5. The minimum absolute atomic E-state index is 0.0367. The Morgan fingerprint density at radius 2 is 2.00 bits per heavy atom. The van der Waals surface area contributed by atoms with Crippen molar-refractivity contribution in [1.82, 2.24) is 5.32 Å². The van der Waals surface area contributed by atoms with E-state index < -0.39 is 10.0 Å². The molecule has 0 bridgehead atoms. The highest BCUT2D eigenvalue weighted by atomic mass is 79.9. The number of hydrogen-bond acceptors (Lipinski definition) is 3. The molecule has 20 heavy (non-hydrogen) atoms. The van der Waals surface area contributed by atoms with Gasteiger partial charge < -0.3 is 5.32 Å². The summed E-state index contributed by atoms with van der Waals surface area (Å²) in [7, 11) is -3.54. The lowest BCUT2D eigenvalue weighted by Crippen LogP contribution is -2.42. The lowest BCUT2D eigenvalue weighted by Gasteiger charge is -2.23. The Labute approximate surface area is 128 Å². The molecular formula is C13H19BrN2O3S. The molecule has 0 aliphatic rings. The number of carbonyl (C=O) groups is 1. The third-order valence-electron chi connectivity index (χ3n) is 2.51. The third kappa shape index (κ3) is 4.79. The van der Waals surface area contributed by atoms with Crippen molar-refractivity contribution in [3.63, 3.8) is 0 Å². The molecule has 0 saturated heterocycles. The summed E-state index contributed by atoms with van der Waals surface area (Å²) in [6, 6.07) is 5.26. The van der Waals surface area contributed by atoms with Crippen LogP contribution in [0, 0.1) is 6.92 Å². The van der Waals surface area contributed by atoms with E-state index in [0.717, 1.165) is 16.1 Å². The van der Waals surface area contributed by atoms with E-state index >= 15 is 0 Å². The average molecular weight is 363 g/mol. The second-order valence-electron chi connectivity index (χ2n) is 4.95. The van der Waals surface area contributed by atoms with Crippen molar-refractivity contribution in [3.05, 3.63) is 28.2 Å². The van der Waals surface area contributed by atoms with Crippen molar-refractivity contribution in [3.8, 4) is 0 Å². The molecule has 0 aliphatic heterocycles. The Hall–Kier alpha value is -1.08. The molecule has 0 aliphatic carbocycles. The second kappa shape index (κ2) is 6.58. The third-order valence-corrected chi connectivity index (χ3v) is 4.27. The van der Waals surface area contributed by atoms with E-state index in [1.165, 1.54) is 0 Å². The SMILES string of the molecule is Cc1ccc(N(CC(=O)NC(C)C)S(C)(=O)=O)c(Br)c1. The van der Waals surface area contributed by atoms with Gasteiger partial charge in [0, 0.05) is 10.5 Å². The van der Waals surface area contributed by atoms with Crippen molar-refractivity contribution in [2.45, 2.75) is 26.8 Å². The van der Waals surface area contributed by atoms with Crippen LogP contribution >= 0.6 is 15.9 Å². The van der Waals surface area contributed by atoms with Crippen LogP contribution in [0.25, 0.3) is 0 Å². The molecular weight excluding hydrogens is 344 g/mol. The highest BCUT2D eigenvalue weighted by molar-refractivity contribution is 9.10. The van der Waals surface area contributed by atoms with Crippen LogP contribution in [0.1, 0.15) is 19.4 Å². The molecule has 0 heterocycles. The Balaban J connectivity index is 3.11. The van der Waals surface area contributed by atoms with Crippen molar-refractivity contribution < 1.29 is 13.2 Å². The first-order valence-electron chi connectivity index (χ1n) is 6.14. The number of hydrogen-bond donors (Lipinski definition) is 1. The first-order valence-corrected chi connectivity index (χ1v) is 8.78. The summed E-state index contributed by atoms with van der Waals surface area (Å²) < 4.78 is 25.6. The van der Waals surface area contributed by atoms with E-state index in [-0.39, 0.29) is 18.5 Å². The number of aryl methyl sites for hydroxylation is 1. The molecule has 0 atom stereocenters. The largest absolute Gasteiger partial charge is 0.352 e. The van der Waals surface area contributed by atoms with Gasteiger partial charge in [-0.2, -0.15) is 0 Å². The molecule has 1 amide bonds. The van der Waals surface area contributed by atoms with Gasteiger partial charge in [-0.3, -0.25) is 9.10 Å². The summed E-state index contributed by atoms with van der Waals surface area (Å²) in [6.07, 6.45) is 1.09. The van der Waals surface area contributed by atoms with E-state index in [0.29, 0.717) is 10.2 Å². The maximum atomic E-state index is 11.9. The number of halogens is 1. The van der Waals surface area contributed by atoms with Crippen LogP contribution in [0.2, 0.25) is 0 Å². The number of amides is 1. The van der Waals surface area contributed by atoms with Gasteiger partial charge in [-0.1, -0.05) is 6.07 Å². The standard InChI is InChI=1S/C13H19BrN2O3S/c1-9(2)15-13(17)8-16(20(4,18)19)12-6-5-10(3)7-11(12)14/h5-7,9H,8H2,1-4H3,(H,15,17). The maximum absolute atomic E-state index is 11.9. The molecule has 1 aromatic carbocycles. The van der Waals surface area contributed by atoms with Crippen molar-refractivity contribution in [2.75, 3.05) is 17.1 Å². The lowest BCUT2D eigenvalue weighted by molar-refractivity contribution is -0.120. The Morgan fingerprint density at radius 3 is 2.45 bits per heavy atom. The van der Waals surface area contributed by atoms with E-state index in [1.807, 2.05) is 26.8 Å². The van der Waals surface area contributed by atoms with E-state index in [4.69, 9.17) is 0 Å². The van der Waals surface area contributed by atoms with Crippen LogP contribution in [-0.4, -0.2) is 33.2 Å². The summed E-state index contributed by atoms with van der Waals surface area (Å²) in [6.45, 7) is 5.32. The predicted octanol–water partition coefficient (Wildman–Crippen LogP) is 2.05. The van der Waals surface area contributed by atoms with Crippen molar-refractivity contribution in [1.29, 1.82) is 0 Å². The zero-order valence-corrected chi connectivity index (χ0v) is 14.4. The van der Waals surface area contributed by atoms with Gasteiger partial charge in [0.25, 0.3) is 0 Å². The zero-order valence-electron chi connectivity index (χ0n) is 12.0. The summed E-state index contributed by atoms with van der Waals surface area (Å²) in [5.41, 5.74) is 1.46. The molecule has 0 spiro atoms. The van der Waals surface area contributed by atoms with Crippen LogP contribution in [0.3, 0.4) is 0 Å². The van der Waals surface area contributed by atoms with Gasteiger partial charge >= 0.3 is 0 Å². The smallest absolute Gasteiger partial charge is 0.240 e. The first kappa shape index (κ1) is 17.0. The molecule has 0 fully saturated rings. The van der Waals surface area contributed by atoms with Gasteiger partial charge in [0.2, 0.25) is 15.9 Å². The fraction of sp³-hybridized carbons (Fsp3) is 0.462. The van der Waals surface area contributed by atoms with Crippen LogP contribution < -0.4 is 9.62 Å². The number of nitrogens with zero attached hydrogens (tertiary/aromatic N) is 1. The number of rotatable bonds is 5. The quantitative estimate of drug-likeness (QED) is 0.871. The van der Waals surface area contributed by atoms with Crippen LogP contribution in [-0.2, 0) is 14.8 Å². The van der Waals surface area contributed by atoms with Crippen molar-refractivity contribution >= 4 is 37.5 Å². The molecule has 7 heteroatoms. The van der Waals surface area contributed by atoms with Crippen LogP contribution in [0.15, 0.2) is 22.7 Å². The number of sulfonamides is 1. The van der Waals surface area contributed by atoms with E-state index in [1.54, 1.807) is 12.1 Å². The van der Waals surface area contributed by atoms with Crippen molar-refractivity contribution in [2.24, 2.45) is 0 Å². The van der Waals surface area contributed by atoms with Crippen LogP contribution in [0.4, 0.5) is 5.69 Å². The Kier molecular flexibility index (Phi) is 5.59. The predicted molar refractivity (Wildman–Crippen MR) is 84.3 cm³/mol. The molecule has 1 rings (SSSR count). The summed E-state index contributed by atoms with van der Waals surface area (Å²) in [5.74, 6) is -0.335. The average Bonchev–Trinajstić information content (AvgIpc) is 2.24. The Morgan fingerprint density at radius 1 is 1.40 bits per heavy atom. The number of nitrogens with one attached hydrogen (secondary N) is 1. The van der Waals surface area contributed by atoms with Gasteiger partial charge in [-0.25, -0.2) is 8.42 Å². The summed E-state index contributed by atoms with van der Waals surface area (Å²) in [5, 5.41) is 2.69. The minimum Gasteiger partial charge on any atom is -0.352 e. The summed E-state index contributed by atoms with van der Waals surface area (Å²) in [4.78, 5) is 11.8. The second-order valence-corrected chi connectivity index (χ2v) is 7.71. The fourth-order valence-corrected chi connectivity index (χ4v) is 3.39. The topological polar surface area (TPSA) is 66.5 Å². The molecule has 0 unspecified atom stereocenters. The van der Waals surface area contributed by atoms with Gasteiger partial charge in [0.1, 0.15) is 6.54 Å². The normalized spacial score (nSPS) is 11.5. The maximum Gasteiger partial charge on any atom is 0.240 e. The lowest BCUT2D eigenvalue weighted by atomic mass is 10.2. The fourth-order valence-electron chi connectivity index (χ4n) is 1.69. The monoisotopic (exact) mass is 362 g/mol. The molecule has 0 aromatic heterocycles. The van der Waals surface area contributed by atoms with Gasteiger partial charge in [0.05, 0.1) is 11.9 Å². The first-order chi connectivity index (χ1) is 9.11. The summed E-state index contributed by atoms with van der Waals surface area (Å²) >= 11 is 3.34. The molecule has 0 saturated carbocycles. The minimum atomic E-state index is -3.54. The number of carbonyl (C=O) groups excluding carboxylic acids is 1. The molecule has 1 aromatic rings. The molecule has 5 nitrogen and oxygen atoms in total. The Bertz CT molecular complexity index is 600. The molecule has 1 N–H and O–H groups in total. The van der Waals surface area contributed by atoms with Gasteiger partial charge in [0.15, 0.2) is 0 Å². The van der Waals surface area contributed by atoms with Gasteiger partial charge in [-0.15, -0.1) is 0 Å². The van der Waals surface area contributed by atoms with E-state index in [9.17, 15) is 13.2 Å². The highest BCUT2D eigenvalue weighted by Crippen LogP contribution is 2.28. The number of anilines is 1. The molecule has 0 radical (unpaired) electrons. The molecule has 112 valence electrons. The van der Waals surface area contributed by atoms with E-state index in [2.05, 4.69) is 21.2 Å². The van der Waals surface area contributed by atoms with Crippen LogP contribution in [0.5, 0.6) is 0 Å². The highest BCUT2D eigenvalue weighted by Gasteiger charge is 2.22.